The van der Waals surface area contributed by atoms with Gasteiger partial charge in [0, 0.05) is 18.0 Å². The van der Waals surface area contributed by atoms with Gasteiger partial charge in [0.15, 0.2) is 0 Å². The molecule has 1 heterocycles. The van der Waals surface area contributed by atoms with Crippen LogP contribution in [0.1, 0.15) is 72.6 Å². The summed E-state index contributed by atoms with van der Waals surface area (Å²) in [6.07, 6.45) is 7.92. The summed E-state index contributed by atoms with van der Waals surface area (Å²) in [5.41, 5.74) is 0.678. The Bertz CT molecular complexity index is 341. The first-order valence-corrected chi connectivity index (χ1v) is 8.32. The van der Waals surface area contributed by atoms with E-state index >= 15 is 0 Å². The maximum atomic E-state index is 12.2. The molecule has 20 heavy (non-hydrogen) atoms. The minimum Gasteiger partial charge on any atom is -0.353 e. The van der Waals surface area contributed by atoms with Gasteiger partial charge in [-0.1, -0.05) is 27.7 Å². The van der Waals surface area contributed by atoms with Gasteiger partial charge in [-0.2, -0.15) is 0 Å². The fraction of sp³-hybridized carbons (Fsp3) is 0.941. The van der Waals surface area contributed by atoms with Gasteiger partial charge >= 0.3 is 0 Å². The fourth-order valence-electron chi connectivity index (χ4n) is 3.99. The van der Waals surface area contributed by atoms with Crippen molar-refractivity contribution in [3.05, 3.63) is 0 Å². The van der Waals surface area contributed by atoms with Gasteiger partial charge in [0.1, 0.15) is 0 Å². The number of carbonyl (C=O) groups excluding carboxylic acids is 1. The number of hydrogen-bond acceptors (Lipinski definition) is 2. The van der Waals surface area contributed by atoms with E-state index in [2.05, 4.69) is 38.3 Å². The highest BCUT2D eigenvalue weighted by Crippen LogP contribution is 2.38. The van der Waals surface area contributed by atoms with Gasteiger partial charge in [-0.25, -0.2) is 0 Å². The van der Waals surface area contributed by atoms with Crippen LogP contribution in [0.3, 0.4) is 0 Å². The maximum absolute atomic E-state index is 12.2. The van der Waals surface area contributed by atoms with Crippen molar-refractivity contribution >= 4 is 5.91 Å². The van der Waals surface area contributed by atoms with Crippen LogP contribution >= 0.6 is 0 Å². The van der Waals surface area contributed by atoms with Crippen molar-refractivity contribution in [2.45, 2.75) is 84.2 Å². The van der Waals surface area contributed by atoms with E-state index in [1.165, 1.54) is 19.3 Å². The van der Waals surface area contributed by atoms with Crippen molar-refractivity contribution in [3.8, 4) is 0 Å². The quantitative estimate of drug-likeness (QED) is 0.830. The zero-order valence-electron chi connectivity index (χ0n) is 13.7. The topological polar surface area (TPSA) is 41.1 Å². The van der Waals surface area contributed by atoms with Crippen LogP contribution in [-0.4, -0.2) is 24.0 Å². The lowest BCUT2D eigenvalue weighted by atomic mass is 9.70. The lowest BCUT2D eigenvalue weighted by molar-refractivity contribution is -0.123. The van der Waals surface area contributed by atoms with Gasteiger partial charge in [-0.3, -0.25) is 4.79 Å². The van der Waals surface area contributed by atoms with E-state index in [-0.39, 0.29) is 5.91 Å². The average molecular weight is 280 g/mol. The van der Waals surface area contributed by atoms with Crippen molar-refractivity contribution in [3.63, 3.8) is 0 Å². The highest BCUT2D eigenvalue weighted by atomic mass is 16.1. The molecule has 3 nitrogen and oxygen atoms in total. The van der Waals surface area contributed by atoms with Crippen LogP contribution < -0.4 is 10.6 Å². The lowest BCUT2D eigenvalue weighted by Gasteiger charge is -2.48. The van der Waals surface area contributed by atoms with Crippen LogP contribution in [0.2, 0.25) is 0 Å². The smallest absolute Gasteiger partial charge is 0.220 e. The molecular weight excluding hydrogens is 248 g/mol. The molecule has 0 aromatic heterocycles. The van der Waals surface area contributed by atoms with E-state index in [0.717, 1.165) is 25.8 Å². The molecule has 2 unspecified atom stereocenters. The molecule has 1 saturated carbocycles. The third-order valence-corrected chi connectivity index (χ3v) is 4.80. The summed E-state index contributed by atoms with van der Waals surface area (Å²) in [6, 6.07) is 0.394. The molecule has 1 saturated heterocycles. The normalized spacial score (nSPS) is 26.9. The molecule has 2 fully saturated rings. The molecule has 3 heteroatoms. The molecular formula is C17H32N2O. The van der Waals surface area contributed by atoms with Crippen LogP contribution in [0.25, 0.3) is 0 Å². The fourth-order valence-corrected chi connectivity index (χ4v) is 3.99. The van der Waals surface area contributed by atoms with Crippen LogP contribution in [0.4, 0.5) is 0 Å². The Labute approximate surface area is 124 Å². The predicted octanol–water partition coefficient (Wildman–Crippen LogP) is 3.24. The van der Waals surface area contributed by atoms with Gasteiger partial charge in [-0.15, -0.1) is 0 Å². The van der Waals surface area contributed by atoms with Gasteiger partial charge in [0.2, 0.25) is 5.91 Å². The van der Waals surface area contributed by atoms with Crippen LogP contribution in [0, 0.1) is 11.3 Å². The number of piperidine rings is 1. The molecule has 1 amide bonds. The summed E-state index contributed by atoms with van der Waals surface area (Å²) < 4.78 is 0. The molecule has 2 N–H and O–H groups in total. The Morgan fingerprint density at radius 1 is 1.40 bits per heavy atom. The predicted molar refractivity (Wildman–Crippen MR) is 83.6 cm³/mol. The van der Waals surface area contributed by atoms with E-state index in [9.17, 15) is 4.79 Å². The first-order chi connectivity index (χ1) is 9.28. The second-order valence-corrected chi connectivity index (χ2v) is 8.39. The maximum Gasteiger partial charge on any atom is 0.220 e. The summed E-state index contributed by atoms with van der Waals surface area (Å²) in [5, 5.41) is 6.94. The van der Waals surface area contributed by atoms with E-state index in [1.807, 2.05) is 0 Å². The molecule has 0 radical (unpaired) electrons. The summed E-state index contributed by atoms with van der Waals surface area (Å²) in [5.74, 6) is 0.720. The Hall–Kier alpha value is -0.570. The largest absolute Gasteiger partial charge is 0.353 e. The zero-order valence-corrected chi connectivity index (χ0v) is 13.7. The van der Waals surface area contributed by atoms with Gasteiger partial charge in [0.05, 0.1) is 0 Å². The monoisotopic (exact) mass is 280 g/mol. The van der Waals surface area contributed by atoms with Crippen LogP contribution in [0.5, 0.6) is 0 Å². The molecule has 1 aliphatic heterocycles. The minimum atomic E-state index is 0.253. The molecule has 116 valence electrons. The minimum absolute atomic E-state index is 0.253. The van der Waals surface area contributed by atoms with Crippen LogP contribution in [-0.2, 0) is 4.79 Å². The second-order valence-electron chi connectivity index (χ2n) is 8.39. The third-order valence-electron chi connectivity index (χ3n) is 4.80. The average Bonchev–Trinajstić information content (AvgIpc) is 2.24. The van der Waals surface area contributed by atoms with Gasteiger partial charge < -0.3 is 10.6 Å². The highest BCUT2D eigenvalue weighted by Gasteiger charge is 2.41. The molecule has 0 aromatic carbocycles. The van der Waals surface area contributed by atoms with Crippen molar-refractivity contribution in [2.75, 3.05) is 6.54 Å². The van der Waals surface area contributed by atoms with Crippen LogP contribution in [0.15, 0.2) is 0 Å². The number of nitrogens with one attached hydrogen (secondary N) is 2. The zero-order chi connectivity index (χ0) is 14.8. The molecule has 2 aliphatic rings. The van der Waals surface area contributed by atoms with Crippen molar-refractivity contribution in [2.24, 2.45) is 11.3 Å². The Balaban J connectivity index is 1.74. The Morgan fingerprint density at radius 3 is 2.65 bits per heavy atom. The molecule has 2 atom stereocenters. The number of rotatable bonds is 4. The van der Waals surface area contributed by atoms with Crippen molar-refractivity contribution < 1.29 is 4.79 Å². The molecule has 1 spiro atoms. The number of amides is 1. The van der Waals surface area contributed by atoms with E-state index in [4.69, 9.17) is 0 Å². The molecule has 0 bridgehead atoms. The summed E-state index contributed by atoms with van der Waals surface area (Å²) in [6.45, 7) is 9.99. The Kier molecular flexibility index (Phi) is 4.78. The molecule has 0 aromatic rings. The van der Waals surface area contributed by atoms with E-state index in [1.54, 1.807) is 0 Å². The molecule has 2 rings (SSSR count). The summed E-state index contributed by atoms with van der Waals surface area (Å²) >= 11 is 0. The Morgan fingerprint density at radius 2 is 2.10 bits per heavy atom. The highest BCUT2D eigenvalue weighted by molar-refractivity contribution is 5.76. The SMILES string of the molecule is CC(CC(=O)NC1CCNC2(CCC2)C1)CC(C)(C)C. The van der Waals surface area contributed by atoms with Crippen molar-refractivity contribution in [1.29, 1.82) is 0 Å². The van der Waals surface area contributed by atoms with Gasteiger partial charge in [-0.05, 0) is 56.4 Å². The van der Waals surface area contributed by atoms with Crippen molar-refractivity contribution in [1.82, 2.24) is 10.6 Å². The third kappa shape index (κ3) is 4.47. The summed E-state index contributed by atoms with van der Waals surface area (Å²) in [4.78, 5) is 12.2. The standard InChI is InChI=1S/C17H32N2O/c1-13(11-16(2,3)4)10-15(20)19-14-6-9-18-17(12-14)7-5-8-17/h13-14,18H,5-12H2,1-4H3,(H,19,20). The first-order valence-electron chi connectivity index (χ1n) is 8.32. The number of hydrogen-bond donors (Lipinski definition) is 2. The summed E-state index contributed by atoms with van der Waals surface area (Å²) in [7, 11) is 0. The second kappa shape index (κ2) is 6.05. The van der Waals surface area contributed by atoms with E-state index < -0.39 is 0 Å². The lowest BCUT2D eigenvalue weighted by Crippen LogP contribution is -2.59. The first kappa shape index (κ1) is 15.8. The number of carbonyl (C=O) groups is 1. The molecule has 1 aliphatic carbocycles. The van der Waals surface area contributed by atoms with E-state index in [0.29, 0.717) is 29.3 Å². The van der Waals surface area contributed by atoms with Gasteiger partial charge in [0.25, 0.3) is 0 Å².